The quantitative estimate of drug-likeness (QED) is 0.352. The molecule has 1 amide bonds. The summed E-state index contributed by atoms with van der Waals surface area (Å²) < 4.78 is 2.06. The molecule has 4 rings (SSSR count). The summed E-state index contributed by atoms with van der Waals surface area (Å²) in [4.78, 5) is 18.0. The van der Waals surface area contributed by atoms with E-state index in [0.717, 1.165) is 28.8 Å². The van der Waals surface area contributed by atoms with E-state index in [1.807, 2.05) is 61.5 Å². The summed E-state index contributed by atoms with van der Waals surface area (Å²) in [5.74, 6) is 1.60. The van der Waals surface area contributed by atoms with Gasteiger partial charge in [-0.1, -0.05) is 87.5 Å². The summed E-state index contributed by atoms with van der Waals surface area (Å²) in [5.41, 5.74) is 5.55. The third-order valence-electron chi connectivity index (χ3n) is 6.17. The second-order valence-corrected chi connectivity index (χ2v) is 9.31. The molecule has 0 bridgehead atoms. The molecular weight excluding hydrogens is 406 g/mol. The first-order valence-electron chi connectivity index (χ1n) is 11.8. The maximum absolute atomic E-state index is 13.0. The first-order chi connectivity index (χ1) is 15.9. The Morgan fingerprint density at radius 1 is 0.848 bits per heavy atom. The van der Waals surface area contributed by atoms with Crippen molar-refractivity contribution in [2.75, 3.05) is 0 Å². The number of hydrogen-bond acceptors (Lipinski definition) is 2. The largest absolute Gasteiger partial charge is 0.348 e. The lowest BCUT2D eigenvalue weighted by molar-refractivity contribution is -0.122. The molecular formula is C29H33N3O. The first kappa shape index (κ1) is 22.8. The van der Waals surface area contributed by atoms with E-state index >= 15 is 0 Å². The van der Waals surface area contributed by atoms with Crippen molar-refractivity contribution < 1.29 is 4.79 Å². The summed E-state index contributed by atoms with van der Waals surface area (Å²) in [6, 6.07) is 26.9. The van der Waals surface area contributed by atoms with Crippen molar-refractivity contribution in [3.63, 3.8) is 0 Å². The monoisotopic (exact) mass is 439 g/mol. The lowest BCUT2D eigenvalue weighted by atomic mass is 9.96. The van der Waals surface area contributed by atoms with Crippen LogP contribution in [0.2, 0.25) is 0 Å². The van der Waals surface area contributed by atoms with Crippen LogP contribution < -0.4 is 5.32 Å². The SMILES string of the molecule is CC(C)Cc1ccc(C(C)c2nc3ccccc3n2CC(=O)NC(C)c2ccccc2)cc1. The predicted molar refractivity (Wildman–Crippen MR) is 135 cm³/mol. The highest BCUT2D eigenvalue weighted by molar-refractivity contribution is 5.81. The molecule has 4 heteroatoms. The molecule has 0 spiro atoms. The lowest BCUT2D eigenvalue weighted by Crippen LogP contribution is -2.30. The normalized spacial score (nSPS) is 13.2. The third-order valence-corrected chi connectivity index (χ3v) is 6.17. The summed E-state index contributed by atoms with van der Waals surface area (Å²) >= 11 is 0. The van der Waals surface area contributed by atoms with Crippen molar-refractivity contribution >= 4 is 16.9 Å². The van der Waals surface area contributed by atoms with Gasteiger partial charge in [0.2, 0.25) is 5.91 Å². The van der Waals surface area contributed by atoms with Crippen molar-refractivity contribution in [2.45, 2.75) is 52.6 Å². The molecule has 1 aromatic heterocycles. The molecule has 0 radical (unpaired) electrons. The maximum Gasteiger partial charge on any atom is 0.240 e. The molecule has 0 aliphatic rings. The van der Waals surface area contributed by atoms with Crippen molar-refractivity contribution in [3.8, 4) is 0 Å². The van der Waals surface area contributed by atoms with Crippen LogP contribution in [0, 0.1) is 5.92 Å². The zero-order valence-corrected chi connectivity index (χ0v) is 20.0. The molecule has 0 saturated carbocycles. The van der Waals surface area contributed by atoms with Crippen LogP contribution in [0.3, 0.4) is 0 Å². The van der Waals surface area contributed by atoms with Crippen LogP contribution in [0.4, 0.5) is 0 Å². The third kappa shape index (κ3) is 5.33. The van der Waals surface area contributed by atoms with Crippen molar-refractivity contribution in [3.05, 3.63) is 101 Å². The van der Waals surface area contributed by atoms with E-state index in [2.05, 4.69) is 54.9 Å². The Hall–Kier alpha value is -3.40. The zero-order valence-electron chi connectivity index (χ0n) is 20.0. The Balaban J connectivity index is 1.59. The molecule has 0 saturated heterocycles. The van der Waals surface area contributed by atoms with E-state index in [4.69, 9.17) is 4.98 Å². The van der Waals surface area contributed by atoms with Gasteiger partial charge in [0.1, 0.15) is 12.4 Å². The summed E-state index contributed by atoms with van der Waals surface area (Å²) in [7, 11) is 0. The van der Waals surface area contributed by atoms with Gasteiger partial charge >= 0.3 is 0 Å². The number of carbonyl (C=O) groups excluding carboxylic acids is 1. The van der Waals surface area contributed by atoms with Crippen LogP contribution in [0.1, 0.15) is 62.2 Å². The molecule has 170 valence electrons. The van der Waals surface area contributed by atoms with Crippen LogP contribution in [-0.2, 0) is 17.8 Å². The molecule has 4 nitrogen and oxygen atoms in total. The lowest BCUT2D eigenvalue weighted by Gasteiger charge is -2.18. The number of benzene rings is 3. The number of carbonyl (C=O) groups is 1. The number of amides is 1. The van der Waals surface area contributed by atoms with Gasteiger partial charge in [0.15, 0.2) is 0 Å². The predicted octanol–water partition coefficient (Wildman–Crippen LogP) is 6.26. The molecule has 0 fully saturated rings. The molecule has 0 aliphatic carbocycles. The van der Waals surface area contributed by atoms with E-state index < -0.39 is 0 Å². The standard InChI is InChI=1S/C29H33N3O/c1-20(2)18-23-14-16-24(17-15-23)21(3)29-31-26-12-8-9-13-27(26)32(29)19-28(33)30-22(4)25-10-6-5-7-11-25/h5-17,20-22H,18-19H2,1-4H3,(H,30,33). The highest BCUT2D eigenvalue weighted by Gasteiger charge is 2.20. The Labute approximate surface area is 196 Å². The number of para-hydroxylation sites is 2. The van der Waals surface area contributed by atoms with Crippen molar-refractivity contribution in [2.24, 2.45) is 5.92 Å². The van der Waals surface area contributed by atoms with Crippen molar-refractivity contribution in [1.29, 1.82) is 0 Å². The van der Waals surface area contributed by atoms with Gasteiger partial charge in [0.05, 0.1) is 17.1 Å². The smallest absolute Gasteiger partial charge is 0.240 e. The molecule has 3 aromatic carbocycles. The van der Waals surface area contributed by atoms with Gasteiger partial charge in [-0.25, -0.2) is 4.98 Å². The summed E-state index contributed by atoms with van der Waals surface area (Å²) in [6.07, 6.45) is 1.08. The second kappa shape index (κ2) is 10.0. The average Bonchev–Trinajstić information content (AvgIpc) is 3.17. The van der Waals surface area contributed by atoms with Gasteiger partial charge in [-0.2, -0.15) is 0 Å². The van der Waals surface area contributed by atoms with E-state index in [9.17, 15) is 4.79 Å². The topological polar surface area (TPSA) is 46.9 Å². The van der Waals surface area contributed by atoms with E-state index in [-0.39, 0.29) is 24.4 Å². The van der Waals surface area contributed by atoms with Gasteiger partial charge in [-0.3, -0.25) is 4.79 Å². The fraction of sp³-hybridized carbons (Fsp3) is 0.310. The van der Waals surface area contributed by atoms with Gasteiger partial charge in [-0.05, 0) is 48.1 Å². The minimum absolute atomic E-state index is 0.0183. The Bertz CT molecular complexity index is 1210. The highest BCUT2D eigenvalue weighted by Crippen LogP contribution is 2.28. The fourth-order valence-electron chi connectivity index (χ4n) is 4.41. The summed E-state index contributed by atoms with van der Waals surface area (Å²) in [6.45, 7) is 8.90. The van der Waals surface area contributed by atoms with Crippen LogP contribution >= 0.6 is 0 Å². The molecule has 33 heavy (non-hydrogen) atoms. The van der Waals surface area contributed by atoms with Crippen molar-refractivity contribution in [1.82, 2.24) is 14.9 Å². The van der Waals surface area contributed by atoms with E-state index in [1.165, 1.54) is 11.1 Å². The van der Waals surface area contributed by atoms with Gasteiger partial charge in [0, 0.05) is 5.92 Å². The zero-order chi connectivity index (χ0) is 23.4. The fourth-order valence-corrected chi connectivity index (χ4v) is 4.41. The molecule has 0 aliphatic heterocycles. The molecule has 4 aromatic rings. The molecule has 2 unspecified atom stereocenters. The number of imidazole rings is 1. The van der Waals surface area contributed by atoms with Gasteiger partial charge in [0.25, 0.3) is 0 Å². The molecule has 1 heterocycles. The minimum Gasteiger partial charge on any atom is -0.348 e. The number of rotatable bonds is 8. The first-order valence-corrected chi connectivity index (χ1v) is 11.8. The number of aromatic nitrogens is 2. The van der Waals surface area contributed by atoms with Crippen LogP contribution in [0.15, 0.2) is 78.9 Å². The molecule has 2 atom stereocenters. The Morgan fingerprint density at radius 3 is 2.21 bits per heavy atom. The van der Waals surface area contributed by atoms with E-state index in [1.54, 1.807) is 0 Å². The van der Waals surface area contributed by atoms with Crippen LogP contribution in [0.25, 0.3) is 11.0 Å². The minimum atomic E-state index is -0.0529. The second-order valence-electron chi connectivity index (χ2n) is 9.31. The Morgan fingerprint density at radius 2 is 1.52 bits per heavy atom. The highest BCUT2D eigenvalue weighted by atomic mass is 16.2. The van der Waals surface area contributed by atoms with Crippen LogP contribution in [0.5, 0.6) is 0 Å². The number of nitrogens with one attached hydrogen (secondary N) is 1. The van der Waals surface area contributed by atoms with Gasteiger partial charge < -0.3 is 9.88 Å². The molecule has 1 N–H and O–H groups in total. The summed E-state index contributed by atoms with van der Waals surface area (Å²) in [5, 5.41) is 3.14. The Kier molecular flexibility index (Phi) is 6.93. The van der Waals surface area contributed by atoms with Crippen LogP contribution in [-0.4, -0.2) is 15.5 Å². The van der Waals surface area contributed by atoms with Gasteiger partial charge in [-0.15, -0.1) is 0 Å². The average molecular weight is 440 g/mol. The van der Waals surface area contributed by atoms with E-state index in [0.29, 0.717) is 5.92 Å². The number of nitrogens with zero attached hydrogens (tertiary/aromatic N) is 2. The number of fused-ring (bicyclic) bond motifs is 1. The number of hydrogen-bond donors (Lipinski definition) is 1. The maximum atomic E-state index is 13.0.